The summed E-state index contributed by atoms with van der Waals surface area (Å²) in [4.78, 5) is 18.5. The number of ether oxygens (including phenoxy) is 1. The maximum Gasteiger partial charge on any atom is 0.254 e. The number of aromatic amines is 1. The van der Waals surface area contributed by atoms with E-state index in [-0.39, 0.29) is 12.0 Å². The van der Waals surface area contributed by atoms with Crippen LogP contribution in [0, 0.1) is 11.3 Å². The highest BCUT2D eigenvalue weighted by atomic mass is 16.5. The molecule has 1 fully saturated rings. The molecule has 1 aromatic carbocycles. The molecular formula is C16H17N5O2. The average molecular weight is 311 g/mol. The van der Waals surface area contributed by atoms with Gasteiger partial charge in [0, 0.05) is 12.1 Å². The summed E-state index contributed by atoms with van der Waals surface area (Å²) in [6.45, 7) is 3.35. The fraction of sp³-hybridized carbons (Fsp3) is 0.375. The average Bonchev–Trinajstić information content (AvgIpc) is 3.15. The number of H-pyrrole nitrogens is 1. The van der Waals surface area contributed by atoms with Crippen molar-refractivity contribution in [3.05, 3.63) is 47.0 Å². The van der Waals surface area contributed by atoms with E-state index in [9.17, 15) is 10.1 Å². The molecule has 1 saturated heterocycles. The summed E-state index contributed by atoms with van der Waals surface area (Å²) >= 11 is 0. The Hall–Kier alpha value is -2.72. The number of nitriles is 1. The Morgan fingerprint density at radius 3 is 3.13 bits per heavy atom. The van der Waals surface area contributed by atoms with E-state index in [0.29, 0.717) is 36.6 Å². The summed E-state index contributed by atoms with van der Waals surface area (Å²) in [6, 6.07) is 7.45. The predicted molar refractivity (Wildman–Crippen MR) is 81.5 cm³/mol. The molecule has 0 aliphatic carbocycles. The van der Waals surface area contributed by atoms with Crippen molar-refractivity contribution in [3.8, 4) is 6.07 Å². The second-order valence-corrected chi connectivity index (χ2v) is 5.32. The van der Waals surface area contributed by atoms with Crippen molar-refractivity contribution >= 4 is 5.91 Å². The van der Waals surface area contributed by atoms with Gasteiger partial charge in [-0.2, -0.15) is 10.4 Å². The van der Waals surface area contributed by atoms with Crippen LogP contribution in [0.4, 0.5) is 0 Å². The van der Waals surface area contributed by atoms with Crippen LogP contribution in [0.2, 0.25) is 0 Å². The quantitative estimate of drug-likeness (QED) is 0.925. The minimum atomic E-state index is -0.305. The molecule has 3 rings (SSSR count). The van der Waals surface area contributed by atoms with Gasteiger partial charge in [0.15, 0.2) is 5.82 Å². The number of rotatable bonds is 3. The topological polar surface area (TPSA) is 94.9 Å². The van der Waals surface area contributed by atoms with Gasteiger partial charge in [-0.15, -0.1) is 0 Å². The standard InChI is InChI=1S/C16H17N5O2/c1-2-11-3-4-12(7-13(11)8-17)16(22)21-5-6-23-14(9-21)15-18-10-19-20-15/h3-4,7,10,14H,2,5-6,9H2,1H3,(H,18,19,20). The van der Waals surface area contributed by atoms with Gasteiger partial charge in [-0.3, -0.25) is 9.89 Å². The lowest BCUT2D eigenvalue weighted by Gasteiger charge is -2.32. The zero-order valence-corrected chi connectivity index (χ0v) is 12.8. The molecule has 7 heteroatoms. The largest absolute Gasteiger partial charge is 0.367 e. The van der Waals surface area contributed by atoms with E-state index in [4.69, 9.17) is 4.74 Å². The lowest BCUT2D eigenvalue weighted by molar-refractivity contribution is -0.0266. The summed E-state index contributed by atoms with van der Waals surface area (Å²) < 4.78 is 5.64. The van der Waals surface area contributed by atoms with E-state index >= 15 is 0 Å². The van der Waals surface area contributed by atoms with E-state index in [0.717, 1.165) is 12.0 Å². The zero-order chi connectivity index (χ0) is 16.2. The van der Waals surface area contributed by atoms with E-state index in [1.807, 2.05) is 13.0 Å². The molecule has 1 N–H and O–H groups in total. The minimum absolute atomic E-state index is 0.100. The van der Waals surface area contributed by atoms with Gasteiger partial charge in [0.2, 0.25) is 0 Å². The van der Waals surface area contributed by atoms with Gasteiger partial charge in [-0.05, 0) is 24.1 Å². The molecule has 1 aromatic heterocycles. The van der Waals surface area contributed by atoms with E-state index in [1.165, 1.54) is 6.33 Å². The highest BCUT2D eigenvalue weighted by Crippen LogP contribution is 2.21. The molecule has 1 aliphatic heterocycles. The number of nitrogens with one attached hydrogen (secondary N) is 1. The van der Waals surface area contributed by atoms with Crippen LogP contribution in [-0.4, -0.2) is 45.7 Å². The van der Waals surface area contributed by atoms with Gasteiger partial charge >= 0.3 is 0 Å². The monoisotopic (exact) mass is 311 g/mol. The highest BCUT2D eigenvalue weighted by Gasteiger charge is 2.28. The van der Waals surface area contributed by atoms with Crippen LogP contribution in [-0.2, 0) is 11.2 Å². The zero-order valence-electron chi connectivity index (χ0n) is 12.8. The Morgan fingerprint density at radius 2 is 2.43 bits per heavy atom. The maximum atomic E-state index is 12.7. The summed E-state index contributed by atoms with van der Waals surface area (Å²) in [5.74, 6) is 0.513. The molecule has 1 amide bonds. The Morgan fingerprint density at radius 1 is 1.57 bits per heavy atom. The van der Waals surface area contributed by atoms with Crippen LogP contribution in [0.15, 0.2) is 24.5 Å². The lowest BCUT2D eigenvalue weighted by Crippen LogP contribution is -2.42. The van der Waals surface area contributed by atoms with Crippen molar-refractivity contribution in [1.29, 1.82) is 5.26 Å². The number of aromatic nitrogens is 3. The third-order valence-corrected chi connectivity index (χ3v) is 3.95. The fourth-order valence-electron chi connectivity index (χ4n) is 2.67. The third kappa shape index (κ3) is 3.07. The minimum Gasteiger partial charge on any atom is -0.367 e. The summed E-state index contributed by atoms with van der Waals surface area (Å²) in [7, 11) is 0. The van der Waals surface area contributed by atoms with Gasteiger partial charge in [-0.1, -0.05) is 13.0 Å². The van der Waals surface area contributed by atoms with Gasteiger partial charge < -0.3 is 9.64 Å². The summed E-state index contributed by atoms with van der Waals surface area (Å²) in [5.41, 5.74) is 2.03. The fourth-order valence-corrected chi connectivity index (χ4v) is 2.67. The van der Waals surface area contributed by atoms with Crippen LogP contribution >= 0.6 is 0 Å². The number of aryl methyl sites for hydroxylation is 1. The normalized spacial score (nSPS) is 17.7. The SMILES string of the molecule is CCc1ccc(C(=O)N2CCOC(c3ncn[nH]3)C2)cc1C#N. The van der Waals surface area contributed by atoms with E-state index in [1.54, 1.807) is 17.0 Å². The number of carbonyl (C=O) groups is 1. The third-order valence-electron chi connectivity index (χ3n) is 3.95. The number of benzene rings is 1. The molecule has 1 aliphatic rings. The molecule has 118 valence electrons. The Kier molecular flexibility index (Phi) is 4.35. The van der Waals surface area contributed by atoms with Crippen LogP contribution in [0.1, 0.15) is 40.3 Å². The molecule has 7 nitrogen and oxygen atoms in total. The predicted octanol–water partition coefficient (Wildman–Crippen LogP) is 1.45. The second-order valence-electron chi connectivity index (χ2n) is 5.32. The molecule has 0 spiro atoms. The number of hydrogen-bond acceptors (Lipinski definition) is 5. The number of carbonyl (C=O) groups excluding carboxylic acids is 1. The first kappa shape index (κ1) is 15.2. The van der Waals surface area contributed by atoms with Crippen molar-refractivity contribution in [2.24, 2.45) is 0 Å². The molecule has 0 radical (unpaired) electrons. The molecule has 2 heterocycles. The van der Waals surface area contributed by atoms with Crippen molar-refractivity contribution in [1.82, 2.24) is 20.1 Å². The molecule has 1 unspecified atom stereocenters. The Bertz CT molecular complexity index is 735. The van der Waals surface area contributed by atoms with Gasteiger partial charge in [-0.25, -0.2) is 4.98 Å². The molecular weight excluding hydrogens is 294 g/mol. The first-order chi connectivity index (χ1) is 11.2. The summed E-state index contributed by atoms with van der Waals surface area (Å²) in [5, 5.41) is 15.8. The molecule has 0 bridgehead atoms. The Labute approximate surface area is 133 Å². The van der Waals surface area contributed by atoms with E-state index < -0.39 is 0 Å². The van der Waals surface area contributed by atoms with Crippen molar-refractivity contribution in [2.75, 3.05) is 19.7 Å². The van der Waals surface area contributed by atoms with E-state index in [2.05, 4.69) is 21.3 Å². The van der Waals surface area contributed by atoms with Crippen LogP contribution in [0.3, 0.4) is 0 Å². The summed E-state index contributed by atoms with van der Waals surface area (Å²) in [6.07, 6.45) is 1.88. The van der Waals surface area contributed by atoms with Gasteiger partial charge in [0.05, 0.1) is 24.8 Å². The first-order valence-electron chi connectivity index (χ1n) is 7.52. The number of nitrogens with zero attached hydrogens (tertiary/aromatic N) is 4. The maximum absolute atomic E-state index is 12.7. The van der Waals surface area contributed by atoms with Crippen molar-refractivity contribution in [2.45, 2.75) is 19.4 Å². The smallest absolute Gasteiger partial charge is 0.254 e. The van der Waals surface area contributed by atoms with Crippen molar-refractivity contribution < 1.29 is 9.53 Å². The van der Waals surface area contributed by atoms with Crippen molar-refractivity contribution in [3.63, 3.8) is 0 Å². The first-order valence-corrected chi connectivity index (χ1v) is 7.52. The molecule has 1 atom stereocenters. The van der Waals surface area contributed by atoms with Gasteiger partial charge in [0.1, 0.15) is 12.4 Å². The Balaban J connectivity index is 1.79. The van der Waals surface area contributed by atoms with Crippen LogP contribution < -0.4 is 0 Å². The molecule has 0 saturated carbocycles. The number of hydrogen-bond donors (Lipinski definition) is 1. The van der Waals surface area contributed by atoms with Crippen LogP contribution in [0.5, 0.6) is 0 Å². The molecule has 2 aromatic rings. The van der Waals surface area contributed by atoms with Crippen LogP contribution in [0.25, 0.3) is 0 Å². The number of amides is 1. The number of morpholine rings is 1. The van der Waals surface area contributed by atoms with Gasteiger partial charge in [0.25, 0.3) is 5.91 Å². The lowest BCUT2D eigenvalue weighted by atomic mass is 10.0. The highest BCUT2D eigenvalue weighted by molar-refractivity contribution is 5.94. The molecule has 23 heavy (non-hydrogen) atoms. The second kappa shape index (κ2) is 6.58.